The van der Waals surface area contributed by atoms with Crippen LogP contribution in [0.25, 0.3) is 0 Å². The van der Waals surface area contributed by atoms with Gasteiger partial charge in [-0.3, -0.25) is 0 Å². The van der Waals surface area contributed by atoms with Crippen molar-refractivity contribution >= 4 is 21.9 Å². The Hall–Kier alpha value is -1.13. The van der Waals surface area contributed by atoms with Crippen LogP contribution >= 0.6 is 15.9 Å². The van der Waals surface area contributed by atoms with Gasteiger partial charge in [0.05, 0.1) is 7.11 Å². The molecule has 0 saturated carbocycles. The van der Waals surface area contributed by atoms with Crippen LogP contribution in [-0.2, 0) is 9.53 Å². The normalized spacial score (nSPS) is 13.2. The van der Waals surface area contributed by atoms with Crippen molar-refractivity contribution in [1.29, 1.82) is 0 Å². The highest BCUT2D eigenvalue weighted by molar-refractivity contribution is 9.10. The molecule has 98 valence electrons. The van der Waals surface area contributed by atoms with Crippen LogP contribution in [-0.4, -0.2) is 19.6 Å². The Bertz CT molecular complexity index is 426. The van der Waals surface area contributed by atoms with Crippen molar-refractivity contribution < 1.29 is 9.53 Å². The van der Waals surface area contributed by atoms with Gasteiger partial charge in [0.2, 0.25) is 0 Å². The molecule has 0 fully saturated rings. The summed E-state index contributed by atoms with van der Waals surface area (Å²) in [5.41, 5.74) is 1.83. The van der Waals surface area contributed by atoms with E-state index in [1.165, 1.54) is 12.7 Å². The van der Waals surface area contributed by atoms with Crippen LogP contribution < -0.4 is 5.32 Å². The summed E-state index contributed by atoms with van der Waals surface area (Å²) in [4.78, 5) is 11.2. The lowest BCUT2D eigenvalue weighted by Gasteiger charge is -2.13. The van der Waals surface area contributed by atoms with Gasteiger partial charge in [0.15, 0.2) is 0 Å². The zero-order chi connectivity index (χ0) is 13.5. The quantitative estimate of drug-likeness (QED) is 0.670. The minimum atomic E-state index is -0.284. The summed E-state index contributed by atoms with van der Waals surface area (Å²) in [6, 6.07) is 8.41. The van der Waals surface area contributed by atoms with Crippen molar-refractivity contribution in [1.82, 2.24) is 5.32 Å². The number of carbonyl (C=O) groups is 1. The summed E-state index contributed by atoms with van der Waals surface area (Å²) in [6.45, 7) is 4.47. The average Bonchev–Trinajstić information content (AvgIpc) is 2.38. The maximum absolute atomic E-state index is 11.2. The van der Waals surface area contributed by atoms with Gasteiger partial charge in [0.1, 0.15) is 0 Å². The Kier molecular flexibility index (Phi) is 6.09. The molecular formula is C14H18BrNO2. The minimum Gasteiger partial charge on any atom is -0.466 e. The molecule has 0 aliphatic heterocycles. The van der Waals surface area contributed by atoms with Crippen molar-refractivity contribution in [2.45, 2.75) is 19.9 Å². The average molecular weight is 312 g/mol. The monoisotopic (exact) mass is 311 g/mol. The molecule has 18 heavy (non-hydrogen) atoms. The fourth-order valence-electron chi connectivity index (χ4n) is 1.50. The Morgan fingerprint density at radius 1 is 1.44 bits per heavy atom. The third kappa shape index (κ3) is 4.63. The van der Waals surface area contributed by atoms with E-state index in [1.54, 1.807) is 6.92 Å². The summed E-state index contributed by atoms with van der Waals surface area (Å²) < 4.78 is 5.70. The maximum atomic E-state index is 11.2. The molecule has 0 heterocycles. The van der Waals surface area contributed by atoms with E-state index >= 15 is 0 Å². The summed E-state index contributed by atoms with van der Waals surface area (Å²) in [7, 11) is 1.39. The molecule has 0 saturated heterocycles. The molecule has 1 rings (SSSR count). The van der Waals surface area contributed by atoms with Gasteiger partial charge in [-0.25, -0.2) is 4.79 Å². The number of esters is 1. The largest absolute Gasteiger partial charge is 0.466 e. The summed E-state index contributed by atoms with van der Waals surface area (Å²) in [5.74, 6) is -0.284. The van der Waals surface area contributed by atoms with Crippen LogP contribution in [0.4, 0.5) is 0 Å². The summed E-state index contributed by atoms with van der Waals surface area (Å²) in [5, 5.41) is 3.33. The molecule has 4 heteroatoms. The molecule has 1 unspecified atom stereocenters. The van der Waals surface area contributed by atoms with Gasteiger partial charge in [-0.15, -0.1) is 0 Å². The minimum absolute atomic E-state index is 0.236. The molecule has 3 nitrogen and oxygen atoms in total. The number of rotatable bonds is 5. The molecule has 1 aromatic carbocycles. The SMILES string of the molecule is COC(=O)/C(C)=C/CNC(C)c1ccc(Br)cc1. The van der Waals surface area contributed by atoms with E-state index in [0.29, 0.717) is 12.1 Å². The molecule has 1 atom stereocenters. The van der Waals surface area contributed by atoms with Gasteiger partial charge >= 0.3 is 5.97 Å². The van der Waals surface area contributed by atoms with Gasteiger partial charge < -0.3 is 10.1 Å². The van der Waals surface area contributed by atoms with Crippen LogP contribution in [0, 0.1) is 0 Å². The highest BCUT2D eigenvalue weighted by Gasteiger charge is 2.05. The number of carbonyl (C=O) groups excluding carboxylic acids is 1. The predicted octanol–water partition coefficient (Wildman–Crippen LogP) is 3.22. The first-order chi connectivity index (χ1) is 8.54. The molecule has 0 radical (unpaired) electrons. The molecule has 0 bridgehead atoms. The first-order valence-corrected chi connectivity index (χ1v) is 6.58. The lowest BCUT2D eigenvalue weighted by atomic mass is 10.1. The Labute approximate surface area is 116 Å². The Morgan fingerprint density at radius 2 is 2.06 bits per heavy atom. The first-order valence-electron chi connectivity index (χ1n) is 5.78. The molecule has 0 aliphatic rings. The molecule has 1 aromatic rings. The smallest absolute Gasteiger partial charge is 0.333 e. The molecule has 0 aromatic heterocycles. The second kappa shape index (κ2) is 7.34. The zero-order valence-electron chi connectivity index (χ0n) is 10.9. The van der Waals surface area contributed by atoms with Gasteiger partial charge in [-0.1, -0.05) is 34.1 Å². The van der Waals surface area contributed by atoms with Crippen molar-refractivity contribution in [3.63, 3.8) is 0 Å². The third-order valence-electron chi connectivity index (χ3n) is 2.71. The van der Waals surface area contributed by atoms with E-state index in [0.717, 1.165) is 4.47 Å². The Balaban J connectivity index is 2.49. The number of benzene rings is 1. The summed E-state index contributed by atoms with van der Waals surface area (Å²) >= 11 is 3.41. The molecule has 0 amide bonds. The van der Waals surface area contributed by atoms with Crippen LogP contribution in [0.1, 0.15) is 25.5 Å². The number of nitrogens with one attached hydrogen (secondary N) is 1. The number of hydrogen-bond acceptors (Lipinski definition) is 3. The van der Waals surface area contributed by atoms with Crippen LogP contribution in [0.15, 0.2) is 40.4 Å². The van der Waals surface area contributed by atoms with Gasteiger partial charge in [0, 0.05) is 22.6 Å². The standard InChI is InChI=1S/C14H18BrNO2/c1-10(14(17)18-3)8-9-16-11(2)12-4-6-13(15)7-5-12/h4-8,11,16H,9H2,1-3H3/b10-8+. The van der Waals surface area contributed by atoms with Crippen LogP contribution in [0.5, 0.6) is 0 Å². The number of methoxy groups -OCH3 is 1. The molecule has 1 N–H and O–H groups in total. The lowest BCUT2D eigenvalue weighted by Crippen LogP contribution is -2.19. The van der Waals surface area contributed by atoms with Crippen LogP contribution in [0.2, 0.25) is 0 Å². The highest BCUT2D eigenvalue weighted by atomic mass is 79.9. The number of hydrogen-bond donors (Lipinski definition) is 1. The van der Waals surface area contributed by atoms with E-state index in [9.17, 15) is 4.79 Å². The van der Waals surface area contributed by atoms with Crippen molar-refractivity contribution in [3.05, 3.63) is 46.0 Å². The van der Waals surface area contributed by atoms with Gasteiger partial charge in [-0.05, 0) is 31.5 Å². The lowest BCUT2D eigenvalue weighted by molar-refractivity contribution is -0.136. The highest BCUT2D eigenvalue weighted by Crippen LogP contribution is 2.16. The fourth-order valence-corrected chi connectivity index (χ4v) is 1.77. The van der Waals surface area contributed by atoms with Gasteiger partial charge in [0.25, 0.3) is 0 Å². The topological polar surface area (TPSA) is 38.3 Å². The van der Waals surface area contributed by atoms with E-state index in [1.807, 2.05) is 18.2 Å². The molecular weight excluding hydrogens is 294 g/mol. The fraction of sp³-hybridized carbons (Fsp3) is 0.357. The molecule has 0 aliphatic carbocycles. The van der Waals surface area contributed by atoms with Gasteiger partial charge in [-0.2, -0.15) is 0 Å². The predicted molar refractivity (Wildman–Crippen MR) is 76.3 cm³/mol. The number of halogens is 1. The van der Waals surface area contributed by atoms with Crippen LogP contribution in [0.3, 0.4) is 0 Å². The van der Waals surface area contributed by atoms with E-state index in [2.05, 4.69) is 45.0 Å². The maximum Gasteiger partial charge on any atom is 0.333 e. The number of ether oxygens (including phenoxy) is 1. The van der Waals surface area contributed by atoms with Crippen molar-refractivity contribution in [2.24, 2.45) is 0 Å². The van der Waals surface area contributed by atoms with Crippen molar-refractivity contribution in [3.8, 4) is 0 Å². The second-order valence-corrected chi connectivity index (χ2v) is 4.98. The second-order valence-electron chi connectivity index (χ2n) is 4.06. The Morgan fingerprint density at radius 3 is 2.61 bits per heavy atom. The third-order valence-corrected chi connectivity index (χ3v) is 3.24. The van der Waals surface area contributed by atoms with E-state index < -0.39 is 0 Å². The van der Waals surface area contributed by atoms with Crippen molar-refractivity contribution in [2.75, 3.05) is 13.7 Å². The summed E-state index contributed by atoms with van der Waals surface area (Å²) in [6.07, 6.45) is 1.83. The molecule has 0 spiro atoms. The zero-order valence-corrected chi connectivity index (χ0v) is 12.5. The van der Waals surface area contributed by atoms with E-state index in [-0.39, 0.29) is 12.0 Å². The first kappa shape index (κ1) is 14.9. The van der Waals surface area contributed by atoms with E-state index in [4.69, 9.17) is 0 Å².